The third-order valence-corrected chi connectivity index (χ3v) is 7.51. The van der Waals surface area contributed by atoms with Crippen molar-refractivity contribution in [3.63, 3.8) is 0 Å². The number of hydrogen-bond donors (Lipinski definition) is 0. The average molecular weight is 510 g/mol. The van der Waals surface area contributed by atoms with E-state index in [-0.39, 0.29) is 38.6 Å². The molecule has 13 heteroatoms. The molecule has 0 aromatic heterocycles. The van der Waals surface area contributed by atoms with Gasteiger partial charge in [-0.25, -0.2) is 0 Å². The molecule has 2 aliphatic heterocycles. The van der Waals surface area contributed by atoms with Gasteiger partial charge in [-0.2, -0.15) is 0 Å². The van der Waals surface area contributed by atoms with Crippen molar-refractivity contribution in [1.29, 1.82) is 0 Å². The van der Waals surface area contributed by atoms with Crippen LogP contribution in [0.2, 0.25) is 0 Å². The Morgan fingerprint density at radius 3 is 2.74 bits per heavy atom. The number of azide groups is 1. The number of esters is 1. The van der Waals surface area contributed by atoms with E-state index in [4.69, 9.17) is 28.8 Å². The van der Waals surface area contributed by atoms with E-state index in [1.54, 1.807) is 6.92 Å². The van der Waals surface area contributed by atoms with Crippen LogP contribution in [0.3, 0.4) is 0 Å². The third kappa shape index (κ3) is 8.03. The summed E-state index contributed by atoms with van der Waals surface area (Å²) >= 11 is 0. The van der Waals surface area contributed by atoms with Gasteiger partial charge in [-0.15, -0.1) is 0 Å². The molecule has 4 atom stereocenters. The largest absolute Gasteiger partial charge is 0.461 e. The summed E-state index contributed by atoms with van der Waals surface area (Å²) in [6.45, 7) is 3.18. The highest BCUT2D eigenvalue weighted by molar-refractivity contribution is 7.53. The van der Waals surface area contributed by atoms with Crippen LogP contribution in [0.25, 0.3) is 10.4 Å². The summed E-state index contributed by atoms with van der Waals surface area (Å²) in [5.74, 6) is -0.952. The third-order valence-electron chi connectivity index (χ3n) is 5.63. The number of likely N-dealkylation sites (tertiary alicyclic amines) is 1. The Morgan fingerprint density at radius 1 is 1.26 bits per heavy atom. The Kier molecular flexibility index (Phi) is 10.5. The summed E-state index contributed by atoms with van der Waals surface area (Å²) in [6.07, 6.45) is 0.509. The van der Waals surface area contributed by atoms with E-state index < -0.39 is 31.6 Å². The summed E-state index contributed by atoms with van der Waals surface area (Å²) in [5.41, 5.74) is 9.69. The minimum atomic E-state index is -3.74. The van der Waals surface area contributed by atoms with Crippen LogP contribution in [-0.4, -0.2) is 74.3 Å². The lowest BCUT2D eigenvalue weighted by molar-refractivity contribution is -0.149. The van der Waals surface area contributed by atoms with Crippen LogP contribution in [0.15, 0.2) is 35.4 Å². The van der Waals surface area contributed by atoms with Crippen LogP contribution in [0.1, 0.15) is 31.7 Å². The minimum Gasteiger partial charge on any atom is -0.461 e. The molecule has 1 amide bonds. The fraction of sp³-hybridized carbons (Fsp3) is 0.636. The van der Waals surface area contributed by atoms with Crippen LogP contribution in [0.5, 0.6) is 0 Å². The van der Waals surface area contributed by atoms with Crippen molar-refractivity contribution in [3.8, 4) is 0 Å². The monoisotopic (exact) mass is 510 g/mol. The zero-order valence-corrected chi connectivity index (χ0v) is 20.6. The highest BCUT2D eigenvalue weighted by Crippen LogP contribution is 2.51. The van der Waals surface area contributed by atoms with E-state index >= 15 is 0 Å². The molecule has 2 saturated heterocycles. The highest BCUT2D eigenvalue weighted by atomic mass is 31.2. The molecule has 0 bridgehead atoms. The number of nitrogens with zero attached hydrogens (tertiary/aromatic N) is 4. The van der Waals surface area contributed by atoms with Crippen LogP contribution < -0.4 is 0 Å². The molecular formula is C22H31N4O8P. The summed E-state index contributed by atoms with van der Waals surface area (Å²) in [5, 5.41) is 3.60. The summed E-state index contributed by atoms with van der Waals surface area (Å²) in [7, 11) is -3.74. The molecule has 0 spiro atoms. The molecule has 12 nitrogen and oxygen atoms in total. The highest BCUT2D eigenvalue weighted by Gasteiger charge is 2.49. The first-order valence-electron chi connectivity index (χ1n) is 11.6. The molecule has 2 aliphatic rings. The molecule has 2 unspecified atom stereocenters. The summed E-state index contributed by atoms with van der Waals surface area (Å²) < 4.78 is 40.4. The van der Waals surface area contributed by atoms with E-state index in [1.165, 1.54) is 4.90 Å². The predicted octanol–water partition coefficient (Wildman–Crippen LogP) is 3.41. The maximum absolute atomic E-state index is 13.3. The lowest BCUT2D eigenvalue weighted by atomic mass is 9.91. The number of β-lactam (4-membered cyclic amide) rings is 1. The second-order valence-corrected chi connectivity index (χ2v) is 10.1. The molecule has 3 rings (SSSR count). The van der Waals surface area contributed by atoms with Gasteiger partial charge in [0.15, 0.2) is 0 Å². The molecule has 2 heterocycles. The van der Waals surface area contributed by atoms with Crippen molar-refractivity contribution in [2.45, 2.75) is 51.0 Å². The average Bonchev–Trinajstić information content (AvgIpc) is 2.87. The molecule has 192 valence electrons. The summed E-state index contributed by atoms with van der Waals surface area (Å²) in [6, 6.07) is 7.89. The van der Waals surface area contributed by atoms with E-state index in [0.29, 0.717) is 32.7 Å². The van der Waals surface area contributed by atoms with Crippen molar-refractivity contribution >= 4 is 19.5 Å². The second-order valence-electron chi connectivity index (χ2n) is 8.07. The molecule has 2 fully saturated rings. The Balaban J connectivity index is 1.52. The Hall–Kier alpha value is -2.46. The van der Waals surface area contributed by atoms with E-state index in [9.17, 15) is 14.2 Å². The Morgan fingerprint density at radius 2 is 2.06 bits per heavy atom. The number of benzene rings is 1. The maximum Gasteiger partial charge on any atom is 0.349 e. The zero-order valence-electron chi connectivity index (χ0n) is 19.7. The second kappa shape index (κ2) is 13.6. The molecule has 1 aromatic carbocycles. The van der Waals surface area contributed by atoms with E-state index in [0.717, 1.165) is 5.56 Å². The van der Waals surface area contributed by atoms with Gasteiger partial charge in [0.05, 0.1) is 45.6 Å². The first-order valence-corrected chi connectivity index (χ1v) is 13.3. The van der Waals surface area contributed by atoms with Gasteiger partial charge in [0.25, 0.3) is 0 Å². The lowest BCUT2D eigenvalue weighted by Crippen LogP contribution is -2.64. The summed E-state index contributed by atoms with van der Waals surface area (Å²) in [4.78, 5) is 28.8. The van der Waals surface area contributed by atoms with Crippen molar-refractivity contribution in [1.82, 2.24) is 4.90 Å². The zero-order chi connectivity index (χ0) is 25.1. The van der Waals surface area contributed by atoms with Crippen molar-refractivity contribution in [2.24, 2.45) is 5.11 Å². The smallest absolute Gasteiger partial charge is 0.349 e. The van der Waals surface area contributed by atoms with Crippen LogP contribution in [0, 0.1) is 0 Å². The standard InChI is InChI=1S/C22H31N4O8P/c1-2-33-35(29,34-11-10-20(27)32-14-17-6-4-3-5-7-17)16-26-19(21(22(26)28)24-25-23)9-8-18-15-30-12-13-31-18/h3-7,18-19,21H,2,8-16H2,1H3/t18?,19-,21+,35?/m1/s1. The fourth-order valence-corrected chi connectivity index (χ4v) is 5.62. The first kappa shape index (κ1) is 27.1. The quantitative estimate of drug-likeness (QED) is 0.0923. The molecule has 35 heavy (non-hydrogen) atoms. The number of carbonyl (C=O) groups is 2. The van der Waals surface area contributed by atoms with Gasteiger partial charge in [-0.05, 0) is 30.9 Å². The lowest BCUT2D eigenvalue weighted by Gasteiger charge is -2.46. The van der Waals surface area contributed by atoms with Gasteiger partial charge < -0.3 is 28.2 Å². The number of carbonyl (C=O) groups excluding carboxylic acids is 2. The minimum absolute atomic E-state index is 0.0927. The first-order chi connectivity index (χ1) is 17.0. The molecule has 1 aromatic rings. The topological polar surface area (TPSA) is 149 Å². The number of ether oxygens (including phenoxy) is 3. The van der Waals surface area contributed by atoms with E-state index in [1.807, 2.05) is 30.3 Å². The molecule has 0 aliphatic carbocycles. The van der Waals surface area contributed by atoms with Gasteiger partial charge in [0.1, 0.15) is 18.9 Å². The van der Waals surface area contributed by atoms with Gasteiger partial charge >= 0.3 is 13.6 Å². The van der Waals surface area contributed by atoms with Gasteiger partial charge in [-0.3, -0.25) is 14.2 Å². The molecule has 0 radical (unpaired) electrons. The van der Waals surface area contributed by atoms with Gasteiger partial charge in [0, 0.05) is 11.0 Å². The van der Waals surface area contributed by atoms with E-state index in [2.05, 4.69) is 10.0 Å². The van der Waals surface area contributed by atoms with Crippen molar-refractivity contribution in [3.05, 3.63) is 46.3 Å². The fourth-order valence-electron chi connectivity index (χ4n) is 3.90. The van der Waals surface area contributed by atoms with Crippen molar-refractivity contribution in [2.75, 3.05) is 39.3 Å². The van der Waals surface area contributed by atoms with Gasteiger partial charge in [-0.1, -0.05) is 35.4 Å². The maximum atomic E-state index is 13.3. The van der Waals surface area contributed by atoms with Crippen LogP contribution >= 0.6 is 7.60 Å². The number of rotatable bonds is 14. The normalized spacial score (nSPS) is 23.6. The Labute approximate surface area is 204 Å². The molecular weight excluding hydrogens is 479 g/mol. The number of hydrogen-bond acceptors (Lipinski definition) is 9. The molecule has 0 N–H and O–H groups in total. The number of amides is 1. The van der Waals surface area contributed by atoms with Crippen molar-refractivity contribution < 1.29 is 37.4 Å². The van der Waals surface area contributed by atoms with Crippen LogP contribution in [0.4, 0.5) is 0 Å². The molecule has 0 saturated carbocycles. The van der Waals surface area contributed by atoms with Crippen LogP contribution in [-0.2, 0) is 44.0 Å². The Bertz CT molecular complexity index is 937. The van der Waals surface area contributed by atoms with Gasteiger partial charge in [0.2, 0.25) is 5.91 Å². The SMILES string of the molecule is CCOP(=O)(CN1C(=O)[C@@H](N=[N+]=[N-])[C@H]1CCC1COCCO1)OCCC(=O)OCc1ccccc1. The predicted molar refractivity (Wildman–Crippen MR) is 124 cm³/mol.